The van der Waals surface area contributed by atoms with Gasteiger partial charge in [0.1, 0.15) is 40.8 Å². The number of nitrogens with one attached hydrogen (secondary N) is 3. The van der Waals surface area contributed by atoms with Gasteiger partial charge in [0.15, 0.2) is 6.19 Å². The Hall–Kier alpha value is -5.64. The van der Waals surface area contributed by atoms with E-state index in [9.17, 15) is 19.2 Å². The molecule has 2 heterocycles. The molecule has 4 amide bonds. The van der Waals surface area contributed by atoms with Gasteiger partial charge in [-0.3, -0.25) is 19.7 Å². The average Bonchev–Trinajstić information content (AvgIpc) is 3.64. The Morgan fingerprint density at radius 2 is 1.79 bits per heavy atom. The summed E-state index contributed by atoms with van der Waals surface area (Å²) in [4.78, 5) is 60.9. The van der Waals surface area contributed by atoms with Gasteiger partial charge in [-0.05, 0) is 44.7 Å². The third-order valence-corrected chi connectivity index (χ3v) is 9.18. The van der Waals surface area contributed by atoms with E-state index >= 15 is 0 Å². The van der Waals surface area contributed by atoms with Crippen molar-refractivity contribution in [2.45, 2.75) is 83.7 Å². The molecule has 2 fully saturated rings. The first-order valence-electron chi connectivity index (χ1n) is 17.1. The summed E-state index contributed by atoms with van der Waals surface area (Å²) in [5.74, 6) is -1.09. The van der Waals surface area contributed by atoms with Crippen LogP contribution in [0.5, 0.6) is 11.5 Å². The minimum atomic E-state index is -1.38. The maximum absolute atomic E-state index is 14.5. The van der Waals surface area contributed by atoms with E-state index in [-0.39, 0.29) is 19.4 Å². The second-order valence-corrected chi connectivity index (χ2v) is 15.3. The molecular weight excluding hydrogens is 664 g/mol. The number of hydrogen-bond donors (Lipinski definition) is 3. The molecule has 1 aromatic heterocycles. The number of nitrogens with zero attached hydrogens (tertiary/aromatic N) is 3. The molecule has 0 unspecified atom stereocenters. The molecule has 3 N–H and O–H groups in total. The van der Waals surface area contributed by atoms with Gasteiger partial charge >= 0.3 is 6.09 Å². The first-order valence-corrected chi connectivity index (χ1v) is 17.1. The maximum atomic E-state index is 14.5. The number of aromatic nitrogens is 1. The highest BCUT2D eigenvalue weighted by atomic mass is 16.6. The molecule has 2 aromatic carbocycles. The van der Waals surface area contributed by atoms with Crippen LogP contribution in [0, 0.1) is 22.8 Å². The van der Waals surface area contributed by atoms with Gasteiger partial charge in [-0.1, -0.05) is 57.2 Å². The largest absolute Gasteiger partial charge is 0.497 e. The summed E-state index contributed by atoms with van der Waals surface area (Å²) in [6, 6.07) is 14.7. The van der Waals surface area contributed by atoms with E-state index in [4.69, 9.17) is 24.5 Å². The van der Waals surface area contributed by atoms with E-state index in [1.54, 1.807) is 67.0 Å². The summed E-state index contributed by atoms with van der Waals surface area (Å²) >= 11 is 0. The smallest absolute Gasteiger partial charge is 0.408 e. The van der Waals surface area contributed by atoms with Gasteiger partial charge in [0, 0.05) is 35.4 Å². The Labute approximate surface area is 303 Å². The van der Waals surface area contributed by atoms with Crippen molar-refractivity contribution in [3.8, 4) is 28.9 Å². The molecule has 13 heteroatoms. The number of alkyl carbamates (subject to hydrolysis) is 1. The Balaban J connectivity index is 1.52. The number of ether oxygens (including phenoxy) is 3. The molecule has 0 radical (unpaired) electrons. The maximum Gasteiger partial charge on any atom is 0.408 e. The Kier molecular flexibility index (Phi) is 10.5. The number of nitriles is 1. The van der Waals surface area contributed by atoms with Gasteiger partial charge in [-0.2, -0.15) is 5.26 Å². The topological polar surface area (TPSA) is 172 Å². The molecule has 0 bridgehead atoms. The van der Waals surface area contributed by atoms with Gasteiger partial charge in [0.2, 0.25) is 11.8 Å². The lowest BCUT2D eigenvalue weighted by molar-refractivity contribution is -0.143. The lowest BCUT2D eigenvalue weighted by Crippen LogP contribution is -2.60. The summed E-state index contributed by atoms with van der Waals surface area (Å²) in [6.45, 7) is 14.3. The molecule has 3 aromatic rings. The Morgan fingerprint density at radius 3 is 2.38 bits per heavy atom. The van der Waals surface area contributed by atoms with Crippen LogP contribution in [0.1, 0.15) is 54.4 Å². The summed E-state index contributed by atoms with van der Waals surface area (Å²) < 4.78 is 17.6. The monoisotopic (exact) mass is 710 g/mol. The van der Waals surface area contributed by atoms with Crippen molar-refractivity contribution >= 4 is 34.7 Å². The van der Waals surface area contributed by atoms with Crippen molar-refractivity contribution in [2.75, 3.05) is 13.7 Å². The number of fused-ring (bicyclic) bond motifs is 1. The number of pyridine rings is 1. The standard InChI is InChI=1S/C39H46N6O7/c1-9-24-20-39(24,35(48)41-22-40)44-33(46)30-18-26(21-45(30)34(47)32(37(2,3)4)43-36(49)52-38(5,6)7)51-31-19-28(23-13-11-10-12-14-23)42-29-17-25(50-8)15-16-27(29)31/h9-17,19,24,26,30,32H,1,18,20-21H2,2-8H3,(H,41,48)(H,43,49)(H,44,46)/t24-,26-,30+,32-,39-/m1/s1. The number of amides is 4. The number of likely N-dealkylation sites (tertiary alicyclic amines) is 1. The quantitative estimate of drug-likeness (QED) is 0.151. The zero-order valence-electron chi connectivity index (χ0n) is 30.6. The van der Waals surface area contributed by atoms with Crippen LogP contribution in [0.15, 0.2) is 67.3 Å². The lowest BCUT2D eigenvalue weighted by atomic mass is 9.85. The Bertz CT molecular complexity index is 1910. The van der Waals surface area contributed by atoms with Crippen LogP contribution in [-0.2, 0) is 19.1 Å². The van der Waals surface area contributed by atoms with Crippen molar-refractivity contribution < 1.29 is 33.4 Å². The number of carbonyl (C=O) groups is 4. The van der Waals surface area contributed by atoms with Crippen molar-refractivity contribution in [1.82, 2.24) is 25.8 Å². The van der Waals surface area contributed by atoms with Crippen LogP contribution >= 0.6 is 0 Å². The van der Waals surface area contributed by atoms with Crippen LogP contribution in [0.4, 0.5) is 4.79 Å². The van der Waals surface area contributed by atoms with Crippen molar-refractivity contribution in [3.63, 3.8) is 0 Å². The fourth-order valence-corrected chi connectivity index (χ4v) is 6.45. The molecule has 0 spiro atoms. The van der Waals surface area contributed by atoms with Crippen LogP contribution < -0.4 is 25.4 Å². The Morgan fingerprint density at radius 1 is 1.08 bits per heavy atom. The molecule has 52 heavy (non-hydrogen) atoms. The zero-order chi connectivity index (χ0) is 38.0. The van der Waals surface area contributed by atoms with Gasteiger partial charge in [0.05, 0.1) is 24.9 Å². The summed E-state index contributed by atoms with van der Waals surface area (Å²) in [6.07, 6.45) is 2.03. The highest BCUT2D eigenvalue weighted by molar-refractivity contribution is 5.99. The molecule has 274 valence electrons. The number of rotatable bonds is 10. The fourth-order valence-electron chi connectivity index (χ4n) is 6.45. The normalized spacial score (nSPS) is 21.7. The first kappa shape index (κ1) is 37.6. The van der Waals surface area contributed by atoms with E-state index in [1.165, 1.54) is 4.90 Å². The third kappa shape index (κ3) is 8.12. The van der Waals surface area contributed by atoms with Crippen LogP contribution in [-0.4, -0.2) is 76.7 Å². The summed E-state index contributed by atoms with van der Waals surface area (Å²) in [7, 11) is 1.57. The SMILES string of the molecule is C=C[C@@H]1C[C@]1(NC(=O)[C@@H]1C[C@@H](Oc2cc(-c3ccccc3)nc3cc(OC)ccc23)CN1C(=O)[C@@H](NC(=O)OC(C)(C)C)C(C)(C)C)C(=O)NC#N. The highest BCUT2D eigenvalue weighted by Crippen LogP contribution is 2.45. The van der Waals surface area contributed by atoms with Gasteiger partial charge < -0.3 is 29.7 Å². The molecule has 1 saturated carbocycles. The molecule has 2 aliphatic rings. The fraction of sp³-hybridized carbons (Fsp3) is 0.436. The first-order chi connectivity index (χ1) is 24.5. The van der Waals surface area contributed by atoms with Crippen LogP contribution in [0.2, 0.25) is 0 Å². The average molecular weight is 711 g/mol. The molecule has 1 aliphatic carbocycles. The summed E-state index contributed by atoms with van der Waals surface area (Å²) in [5, 5.41) is 17.5. The van der Waals surface area contributed by atoms with Crippen molar-refractivity contribution in [3.05, 3.63) is 67.3 Å². The predicted molar refractivity (Wildman–Crippen MR) is 194 cm³/mol. The van der Waals surface area contributed by atoms with Crippen LogP contribution in [0.3, 0.4) is 0 Å². The molecule has 5 atom stereocenters. The van der Waals surface area contributed by atoms with Gasteiger partial charge in [0.25, 0.3) is 5.91 Å². The van der Waals surface area contributed by atoms with Crippen molar-refractivity contribution in [2.24, 2.45) is 11.3 Å². The zero-order valence-corrected chi connectivity index (χ0v) is 30.6. The van der Waals surface area contributed by atoms with Crippen LogP contribution in [0.25, 0.3) is 22.2 Å². The third-order valence-electron chi connectivity index (χ3n) is 9.18. The van der Waals surface area contributed by atoms with E-state index in [0.29, 0.717) is 28.1 Å². The number of carbonyl (C=O) groups excluding carboxylic acids is 4. The van der Waals surface area contributed by atoms with E-state index in [1.807, 2.05) is 48.5 Å². The number of hydrogen-bond acceptors (Lipinski definition) is 9. The highest BCUT2D eigenvalue weighted by Gasteiger charge is 2.61. The van der Waals surface area contributed by atoms with Gasteiger partial charge in [-0.15, -0.1) is 6.58 Å². The molecular formula is C39H46N6O7. The van der Waals surface area contributed by atoms with E-state index < -0.39 is 64.5 Å². The number of benzene rings is 2. The predicted octanol–water partition coefficient (Wildman–Crippen LogP) is 4.86. The van der Waals surface area contributed by atoms with Crippen molar-refractivity contribution in [1.29, 1.82) is 5.26 Å². The van der Waals surface area contributed by atoms with E-state index in [2.05, 4.69) is 22.5 Å². The number of methoxy groups -OCH3 is 1. The van der Waals surface area contributed by atoms with E-state index in [0.717, 1.165) is 5.56 Å². The minimum absolute atomic E-state index is 0.0115. The summed E-state index contributed by atoms with van der Waals surface area (Å²) in [5.41, 5.74) is -0.852. The lowest BCUT2D eigenvalue weighted by Gasteiger charge is -2.36. The second-order valence-electron chi connectivity index (χ2n) is 15.3. The molecule has 1 saturated heterocycles. The minimum Gasteiger partial charge on any atom is -0.497 e. The molecule has 5 rings (SSSR count). The molecule has 13 nitrogen and oxygen atoms in total. The second kappa shape index (κ2) is 14.5. The van der Waals surface area contributed by atoms with Gasteiger partial charge in [-0.25, -0.2) is 9.78 Å². The molecule has 1 aliphatic heterocycles.